The zero-order chi connectivity index (χ0) is 15.0. The first kappa shape index (κ1) is 13.6. The van der Waals surface area contributed by atoms with E-state index in [1.54, 1.807) is 12.1 Å². The van der Waals surface area contributed by atoms with E-state index in [1.807, 2.05) is 24.6 Å². The summed E-state index contributed by atoms with van der Waals surface area (Å²) in [7, 11) is 0. The minimum Gasteiger partial charge on any atom is -0.478 e. The molecule has 0 N–H and O–H groups in total. The number of aromatic nitrogens is 2. The fraction of sp³-hybridized carbons (Fsp3) is 0.375. The summed E-state index contributed by atoms with van der Waals surface area (Å²) < 4.78 is 21.8. The van der Waals surface area contributed by atoms with Crippen LogP contribution in [0.15, 0.2) is 18.2 Å². The molecule has 1 aromatic carbocycles. The normalized spacial score (nSPS) is 13.7. The maximum atomic E-state index is 14.3. The number of hydrogen-bond acceptors (Lipinski definition) is 3. The standard InChI is InChI=1S/C16H16FN3O/c1-10(2)14-15(19-20-6-3-7-21-16(14)20)12-5-4-11(9-18)8-13(12)17/h4-5,8,10H,3,6-7H2,1-2H3. The summed E-state index contributed by atoms with van der Waals surface area (Å²) in [6.07, 6.45) is 0.904. The maximum absolute atomic E-state index is 14.3. The Morgan fingerprint density at radius 2 is 2.24 bits per heavy atom. The van der Waals surface area contributed by atoms with Crippen molar-refractivity contribution in [3.05, 3.63) is 35.1 Å². The van der Waals surface area contributed by atoms with Gasteiger partial charge < -0.3 is 4.74 Å². The average molecular weight is 285 g/mol. The topological polar surface area (TPSA) is 50.8 Å². The second-order valence-electron chi connectivity index (χ2n) is 5.45. The predicted molar refractivity (Wildman–Crippen MR) is 76.5 cm³/mol. The van der Waals surface area contributed by atoms with E-state index in [9.17, 15) is 4.39 Å². The second kappa shape index (κ2) is 5.21. The molecule has 0 bridgehead atoms. The van der Waals surface area contributed by atoms with Crippen LogP contribution < -0.4 is 4.74 Å². The molecule has 0 amide bonds. The van der Waals surface area contributed by atoms with Gasteiger partial charge in [-0.2, -0.15) is 10.4 Å². The Labute approximate surface area is 122 Å². The third-order valence-corrected chi connectivity index (χ3v) is 3.62. The van der Waals surface area contributed by atoms with E-state index in [4.69, 9.17) is 10.00 Å². The number of ether oxygens (including phenoxy) is 1. The highest BCUT2D eigenvalue weighted by Gasteiger charge is 2.26. The third-order valence-electron chi connectivity index (χ3n) is 3.62. The minimum atomic E-state index is -0.425. The molecule has 0 saturated carbocycles. The quantitative estimate of drug-likeness (QED) is 0.849. The smallest absolute Gasteiger partial charge is 0.215 e. The fourth-order valence-electron chi connectivity index (χ4n) is 2.64. The van der Waals surface area contributed by atoms with Crippen molar-refractivity contribution in [1.29, 1.82) is 5.26 Å². The SMILES string of the molecule is CC(C)c1c(-c2ccc(C#N)cc2F)nn2c1OCCC2. The second-order valence-corrected chi connectivity index (χ2v) is 5.45. The van der Waals surface area contributed by atoms with Crippen LogP contribution in [-0.4, -0.2) is 16.4 Å². The van der Waals surface area contributed by atoms with Gasteiger partial charge in [-0.1, -0.05) is 13.8 Å². The van der Waals surface area contributed by atoms with E-state index < -0.39 is 5.82 Å². The third kappa shape index (κ3) is 2.27. The maximum Gasteiger partial charge on any atom is 0.215 e. The largest absolute Gasteiger partial charge is 0.478 e. The Morgan fingerprint density at radius 1 is 1.43 bits per heavy atom. The molecule has 0 saturated heterocycles. The molecule has 2 aromatic rings. The lowest BCUT2D eigenvalue weighted by Crippen LogP contribution is -2.15. The summed E-state index contributed by atoms with van der Waals surface area (Å²) in [5.74, 6) is 0.498. The van der Waals surface area contributed by atoms with Gasteiger partial charge in [-0.15, -0.1) is 0 Å². The lowest BCUT2D eigenvalue weighted by atomic mass is 9.98. The number of fused-ring (bicyclic) bond motifs is 1. The molecular formula is C16H16FN3O. The highest BCUT2D eigenvalue weighted by Crippen LogP contribution is 2.38. The van der Waals surface area contributed by atoms with Crippen LogP contribution in [0.25, 0.3) is 11.3 Å². The van der Waals surface area contributed by atoms with Crippen molar-refractivity contribution in [2.45, 2.75) is 32.7 Å². The monoisotopic (exact) mass is 285 g/mol. The summed E-state index contributed by atoms with van der Waals surface area (Å²) in [5.41, 5.74) is 2.27. The van der Waals surface area contributed by atoms with Crippen molar-refractivity contribution in [2.24, 2.45) is 0 Å². The van der Waals surface area contributed by atoms with Crippen molar-refractivity contribution in [2.75, 3.05) is 6.61 Å². The van der Waals surface area contributed by atoms with Crippen LogP contribution in [0, 0.1) is 17.1 Å². The van der Waals surface area contributed by atoms with Crippen molar-refractivity contribution in [1.82, 2.24) is 9.78 Å². The van der Waals surface area contributed by atoms with E-state index in [1.165, 1.54) is 6.07 Å². The van der Waals surface area contributed by atoms with Crippen LogP contribution in [-0.2, 0) is 6.54 Å². The van der Waals surface area contributed by atoms with Crippen molar-refractivity contribution in [3.8, 4) is 23.2 Å². The molecule has 0 atom stereocenters. The molecule has 0 fully saturated rings. The number of hydrogen-bond donors (Lipinski definition) is 0. The molecule has 2 heterocycles. The zero-order valence-corrected chi connectivity index (χ0v) is 12.1. The van der Waals surface area contributed by atoms with E-state index >= 15 is 0 Å². The summed E-state index contributed by atoms with van der Waals surface area (Å²) in [5, 5.41) is 13.4. The number of aryl methyl sites for hydroxylation is 1. The van der Waals surface area contributed by atoms with Crippen molar-refractivity contribution >= 4 is 0 Å². The molecular weight excluding hydrogens is 269 g/mol. The van der Waals surface area contributed by atoms with Crippen LogP contribution in [0.4, 0.5) is 4.39 Å². The molecule has 21 heavy (non-hydrogen) atoms. The van der Waals surface area contributed by atoms with Gasteiger partial charge in [-0.05, 0) is 24.1 Å². The fourth-order valence-corrected chi connectivity index (χ4v) is 2.64. The van der Waals surface area contributed by atoms with Crippen molar-refractivity contribution in [3.63, 3.8) is 0 Å². The van der Waals surface area contributed by atoms with Gasteiger partial charge in [-0.25, -0.2) is 9.07 Å². The molecule has 0 spiro atoms. The lowest BCUT2D eigenvalue weighted by Gasteiger charge is -2.17. The summed E-state index contributed by atoms with van der Waals surface area (Å²) >= 11 is 0. The highest BCUT2D eigenvalue weighted by molar-refractivity contribution is 5.68. The van der Waals surface area contributed by atoms with E-state index in [0.717, 1.165) is 24.4 Å². The molecule has 3 rings (SSSR count). The Morgan fingerprint density at radius 3 is 2.90 bits per heavy atom. The minimum absolute atomic E-state index is 0.178. The van der Waals surface area contributed by atoms with Gasteiger partial charge in [0.1, 0.15) is 11.5 Å². The van der Waals surface area contributed by atoms with Gasteiger partial charge in [0.25, 0.3) is 0 Å². The summed E-state index contributed by atoms with van der Waals surface area (Å²) in [6.45, 7) is 5.54. The van der Waals surface area contributed by atoms with Gasteiger partial charge in [0.05, 0.1) is 18.2 Å². The molecule has 0 aliphatic carbocycles. The average Bonchev–Trinajstić information content (AvgIpc) is 2.86. The Kier molecular flexibility index (Phi) is 3.38. The number of benzene rings is 1. The van der Waals surface area contributed by atoms with Gasteiger partial charge in [-0.3, -0.25) is 0 Å². The first-order valence-electron chi connectivity index (χ1n) is 7.05. The number of nitriles is 1. The van der Waals surface area contributed by atoms with Crippen LogP contribution in [0.1, 0.15) is 37.3 Å². The Hall–Kier alpha value is -2.35. The van der Waals surface area contributed by atoms with Gasteiger partial charge in [0.2, 0.25) is 5.88 Å². The summed E-state index contributed by atoms with van der Waals surface area (Å²) in [4.78, 5) is 0. The zero-order valence-electron chi connectivity index (χ0n) is 12.1. The molecule has 4 nitrogen and oxygen atoms in total. The van der Waals surface area contributed by atoms with Crippen LogP contribution in [0.5, 0.6) is 5.88 Å². The molecule has 1 aromatic heterocycles. The van der Waals surface area contributed by atoms with Crippen LogP contribution >= 0.6 is 0 Å². The number of nitrogens with zero attached hydrogens (tertiary/aromatic N) is 3. The number of rotatable bonds is 2. The predicted octanol–water partition coefficient (Wildman–Crippen LogP) is 3.47. The van der Waals surface area contributed by atoms with E-state index in [0.29, 0.717) is 23.4 Å². The van der Waals surface area contributed by atoms with Gasteiger partial charge in [0.15, 0.2) is 0 Å². The first-order valence-corrected chi connectivity index (χ1v) is 7.05. The van der Waals surface area contributed by atoms with Gasteiger partial charge in [0, 0.05) is 24.1 Å². The van der Waals surface area contributed by atoms with Crippen molar-refractivity contribution < 1.29 is 9.13 Å². The van der Waals surface area contributed by atoms with E-state index in [2.05, 4.69) is 5.10 Å². The molecule has 108 valence electrons. The molecule has 1 aliphatic rings. The highest BCUT2D eigenvalue weighted by atomic mass is 19.1. The Balaban J connectivity index is 2.18. The molecule has 0 unspecified atom stereocenters. The first-order chi connectivity index (χ1) is 10.1. The Bertz CT molecular complexity index is 728. The van der Waals surface area contributed by atoms with E-state index in [-0.39, 0.29) is 5.92 Å². The molecule has 1 aliphatic heterocycles. The number of halogens is 1. The lowest BCUT2D eigenvalue weighted by molar-refractivity contribution is 0.227. The van der Waals surface area contributed by atoms with Crippen LogP contribution in [0.2, 0.25) is 0 Å². The van der Waals surface area contributed by atoms with Gasteiger partial charge >= 0.3 is 0 Å². The molecule has 0 radical (unpaired) electrons. The van der Waals surface area contributed by atoms with Crippen LogP contribution in [0.3, 0.4) is 0 Å². The summed E-state index contributed by atoms with van der Waals surface area (Å²) in [6, 6.07) is 6.42. The molecule has 5 heteroatoms.